The van der Waals surface area contributed by atoms with E-state index in [0.717, 1.165) is 16.0 Å². The van der Waals surface area contributed by atoms with Gasteiger partial charge in [0, 0.05) is 23.3 Å². The van der Waals surface area contributed by atoms with E-state index < -0.39 is 30.7 Å². The molecule has 0 saturated carbocycles. The van der Waals surface area contributed by atoms with E-state index in [4.69, 9.17) is 16.3 Å². The van der Waals surface area contributed by atoms with Gasteiger partial charge in [-0.15, -0.1) is 0 Å². The molecule has 0 heterocycles. The second kappa shape index (κ2) is 10.0. The van der Waals surface area contributed by atoms with Crippen LogP contribution in [0.5, 0.6) is 0 Å². The first-order chi connectivity index (χ1) is 13.7. The molecular formula is C21H22ClFN2O4. The number of esters is 1. The fourth-order valence-electron chi connectivity index (χ4n) is 2.51. The summed E-state index contributed by atoms with van der Waals surface area (Å²) in [6, 6.07) is 9.73. The molecule has 1 N–H and O–H groups in total. The highest BCUT2D eigenvalue weighted by Crippen LogP contribution is 2.20. The Hall–Kier alpha value is -2.93. The number of nitrogens with zero attached hydrogens (tertiary/aromatic N) is 1. The van der Waals surface area contributed by atoms with Gasteiger partial charge in [-0.25, -0.2) is 4.39 Å². The van der Waals surface area contributed by atoms with Gasteiger partial charge < -0.3 is 15.0 Å². The molecule has 2 aromatic carbocycles. The highest BCUT2D eigenvalue weighted by molar-refractivity contribution is 6.31. The van der Waals surface area contributed by atoms with E-state index in [2.05, 4.69) is 5.32 Å². The average Bonchev–Trinajstić information content (AvgIpc) is 2.65. The Kier molecular flexibility index (Phi) is 7.73. The summed E-state index contributed by atoms with van der Waals surface area (Å²) in [5.41, 5.74) is 2.58. The quantitative estimate of drug-likeness (QED) is 0.697. The van der Waals surface area contributed by atoms with E-state index in [-0.39, 0.29) is 23.0 Å². The molecule has 0 aliphatic carbocycles. The molecule has 2 rings (SSSR count). The van der Waals surface area contributed by atoms with Crippen molar-refractivity contribution in [2.24, 2.45) is 0 Å². The molecule has 0 unspecified atom stereocenters. The van der Waals surface area contributed by atoms with Gasteiger partial charge in [0.05, 0.1) is 13.0 Å². The van der Waals surface area contributed by atoms with Crippen LogP contribution in [-0.2, 0) is 25.5 Å². The molecule has 0 fully saturated rings. The van der Waals surface area contributed by atoms with Gasteiger partial charge in [-0.1, -0.05) is 29.8 Å². The van der Waals surface area contributed by atoms with Gasteiger partial charge in [0.2, 0.25) is 5.91 Å². The van der Waals surface area contributed by atoms with E-state index >= 15 is 0 Å². The Balaban J connectivity index is 1.83. The maximum atomic E-state index is 13.7. The van der Waals surface area contributed by atoms with Crippen LogP contribution in [0.2, 0.25) is 5.02 Å². The Morgan fingerprint density at radius 1 is 1.17 bits per heavy atom. The Bertz CT molecular complexity index is 913. The van der Waals surface area contributed by atoms with Crippen molar-refractivity contribution in [3.8, 4) is 0 Å². The molecule has 0 aromatic heterocycles. The summed E-state index contributed by atoms with van der Waals surface area (Å²) < 4.78 is 18.6. The summed E-state index contributed by atoms with van der Waals surface area (Å²) >= 11 is 5.86. The average molecular weight is 421 g/mol. The van der Waals surface area contributed by atoms with E-state index in [1.807, 2.05) is 32.0 Å². The number of anilines is 1. The number of carbonyl (C=O) groups is 3. The van der Waals surface area contributed by atoms with E-state index in [1.165, 1.54) is 25.2 Å². The Labute approximate surface area is 173 Å². The monoisotopic (exact) mass is 420 g/mol. The Morgan fingerprint density at radius 3 is 2.59 bits per heavy atom. The molecule has 0 atom stereocenters. The van der Waals surface area contributed by atoms with Gasteiger partial charge in [0.1, 0.15) is 5.82 Å². The minimum atomic E-state index is -0.793. The molecule has 29 heavy (non-hydrogen) atoms. The molecule has 6 nitrogen and oxygen atoms in total. The number of nitrogens with one attached hydrogen (secondary N) is 1. The lowest BCUT2D eigenvalue weighted by atomic mass is 10.1. The highest BCUT2D eigenvalue weighted by atomic mass is 35.5. The van der Waals surface area contributed by atoms with Crippen molar-refractivity contribution in [2.45, 2.75) is 20.3 Å². The van der Waals surface area contributed by atoms with Crippen molar-refractivity contribution < 1.29 is 23.5 Å². The van der Waals surface area contributed by atoms with Crippen molar-refractivity contribution in [2.75, 3.05) is 25.5 Å². The fraction of sp³-hybridized carbons (Fsp3) is 0.286. The van der Waals surface area contributed by atoms with Crippen LogP contribution in [0.4, 0.5) is 10.1 Å². The third-order valence-corrected chi connectivity index (χ3v) is 4.57. The number of hydrogen-bond donors (Lipinski definition) is 1. The van der Waals surface area contributed by atoms with Crippen molar-refractivity contribution in [1.82, 2.24) is 4.90 Å². The SMILES string of the molecule is Cc1ccc(C)c(NC(=O)CN(C)C(=O)COC(=O)Cc2c(F)cccc2Cl)c1. The van der Waals surface area contributed by atoms with Gasteiger partial charge in [-0.2, -0.15) is 0 Å². The van der Waals surface area contributed by atoms with Crippen LogP contribution in [0, 0.1) is 19.7 Å². The fourth-order valence-corrected chi connectivity index (χ4v) is 2.74. The van der Waals surface area contributed by atoms with Gasteiger partial charge in [-0.05, 0) is 43.2 Å². The summed E-state index contributed by atoms with van der Waals surface area (Å²) in [5.74, 6) is -2.35. The summed E-state index contributed by atoms with van der Waals surface area (Å²) in [6.45, 7) is 3.01. The van der Waals surface area contributed by atoms with Gasteiger partial charge in [0.25, 0.3) is 5.91 Å². The van der Waals surface area contributed by atoms with Crippen LogP contribution in [0.3, 0.4) is 0 Å². The summed E-state index contributed by atoms with van der Waals surface area (Å²) in [4.78, 5) is 37.3. The minimum absolute atomic E-state index is 0.00729. The molecule has 0 spiro atoms. The molecule has 0 radical (unpaired) electrons. The van der Waals surface area contributed by atoms with E-state index in [1.54, 1.807) is 0 Å². The molecule has 0 aliphatic heterocycles. The first-order valence-corrected chi connectivity index (χ1v) is 9.24. The third kappa shape index (κ3) is 6.57. The van der Waals surface area contributed by atoms with Crippen LogP contribution in [0.15, 0.2) is 36.4 Å². The van der Waals surface area contributed by atoms with Crippen LogP contribution in [0.25, 0.3) is 0 Å². The van der Waals surface area contributed by atoms with E-state index in [0.29, 0.717) is 5.69 Å². The smallest absolute Gasteiger partial charge is 0.310 e. The number of amides is 2. The standard InChI is InChI=1S/C21H22ClFN2O4/c1-13-7-8-14(2)18(9-13)24-19(26)11-25(3)20(27)12-29-21(28)10-15-16(22)5-4-6-17(15)23/h4-9H,10-12H2,1-3H3,(H,24,26). The number of ether oxygens (including phenoxy) is 1. The summed E-state index contributed by atoms with van der Waals surface area (Å²) in [6.07, 6.45) is -0.393. The van der Waals surface area contributed by atoms with Gasteiger partial charge in [0.15, 0.2) is 6.61 Å². The third-order valence-electron chi connectivity index (χ3n) is 4.21. The topological polar surface area (TPSA) is 75.7 Å². The summed E-state index contributed by atoms with van der Waals surface area (Å²) in [7, 11) is 1.42. The maximum Gasteiger partial charge on any atom is 0.310 e. The zero-order valence-corrected chi connectivity index (χ0v) is 17.2. The van der Waals surface area contributed by atoms with Crippen molar-refractivity contribution >= 4 is 35.1 Å². The van der Waals surface area contributed by atoms with Crippen LogP contribution >= 0.6 is 11.6 Å². The lowest BCUT2D eigenvalue weighted by Crippen LogP contribution is -2.37. The molecule has 8 heteroatoms. The largest absolute Gasteiger partial charge is 0.455 e. The lowest BCUT2D eigenvalue weighted by Gasteiger charge is -2.17. The molecule has 0 bridgehead atoms. The summed E-state index contributed by atoms with van der Waals surface area (Å²) in [5, 5.41) is 2.86. The number of halogens is 2. The van der Waals surface area contributed by atoms with Crippen LogP contribution in [0.1, 0.15) is 16.7 Å². The number of hydrogen-bond acceptors (Lipinski definition) is 4. The molecular weight excluding hydrogens is 399 g/mol. The molecule has 2 amide bonds. The number of carbonyl (C=O) groups excluding carboxylic acids is 3. The highest BCUT2D eigenvalue weighted by Gasteiger charge is 2.18. The van der Waals surface area contributed by atoms with Gasteiger partial charge >= 0.3 is 5.97 Å². The van der Waals surface area contributed by atoms with Crippen LogP contribution < -0.4 is 5.32 Å². The van der Waals surface area contributed by atoms with Gasteiger partial charge in [-0.3, -0.25) is 14.4 Å². The first-order valence-electron chi connectivity index (χ1n) is 8.87. The predicted molar refractivity (Wildman–Crippen MR) is 108 cm³/mol. The zero-order chi connectivity index (χ0) is 21.6. The molecule has 154 valence electrons. The van der Waals surface area contributed by atoms with Crippen molar-refractivity contribution in [3.05, 3.63) is 63.9 Å². The Morgan fingerprint density at radius 2 is 1.90 bits per heavy atom. The van der Waals surface area contributed by atoms with Crippen LogP contribution in [-0.4, -0.2) is 42.9 Å². The second-order valence-electron chi connectivity index (χ2n) is 6.65. The zero-order valence-electron chi connectivity index (χ0n) is 16.4. The maximum absolute atomic E-state index is 13.7. The normalized spacial score (nSPS) is 10.4. The number of aryl methyl sites for hydroxylation is 2. The van der Waals surface area contributed by atoms with Crippen molar-refractivity contribution in [1.29, 1.82) is 0 Å². The second-order valence-corrected chi connectivity index (χ2v) is 7.06. The molecule has 0 aliphatic rings. The predicted octanol–water partition coefficient (Wildman–Crippen LogP) is 3.28. The number of likely N-dealkylation sites (N-methyl/N-ethyl adjacent to an activating group) is 1. The number of benzene rings is 2. The molecule has 0 saturated heterocycles. The molecule has 2 aromatic rings. The lowest BCUT2D eigenvalue weighted by molar-refractivity contribution is -0.151. The van der Waals surface area contributed by atoms with E-state index in [9.17, 15) is 18.8 Å². The minimum Gasteiger partial charge on any atom is -0.455 e. The van der Waals surface area contributed by atoms with Crippen molar-refractivity contribution in [3.63, 3.8) is 0 Å². The number of rotatable bonds is 7. The first kappa shape index (κ1) is 22.4.